The van der Waals surface area contributed by atoms with Gasteiger partial charge in [-0.1, -0.05) is 18.2 Å². The molecule has 4 rings (SSSR count). The summed E-state index contributed by atoms with van der Waals surface area (Å²) in [5.74, 6) is -0.579. The molecule has 2 unspecified atom stereocenters. The minimum Gasteiger partial charge on any atom is -0.459 e. The van der Waals surface area contributed by atoms with Gasteiger partial charge in [0, 0.05) is 49.5 Å². The number of carbonyl (C=O) groups excluding carboxylic acids is 3. The fourth-order valence-corrected chi connectivity index (χ4v) is 4.64. The van der Waals surface area contributed by atoms with E-state index in [0.29, 0.717) is 29.9 Å². The molecule has 2 saturated heterocycles. The fraction of sp³-hybridized carbons (Fsp3) is 0.448. The van der Waals surface area contributed by atoms with Crippen LogP contribution < -0.4 is 10.2 Å². The highest BCUT2D eigenvalue weighted by Crippen LogP contribution is 2.23. The van der Waals surface area contributed by atoms with Crippen molar-refractivity contribution in [3.8, 4) is 0 Å². The third kappa shape index (κ3) is 7.42. The van der Waals surface area contributed by atoms with Crippen LogP contribution in [0.2, 0.25) is 0 Å². The lowest BCUT2D eigenvalue weighted by Crippen LogP contribution is -2.54. The summed E-state index contributed by atoms with van der Waals surface area (Å²) in [5, 5.41) is 10.8. The molecule has 10 heteroatoms. The largest absolute Gasteiger partial charge is 0.459 e. The Morgan fingerprint density at radius 1 is 1.03 bits per heavy atom. The van der Waals surface area contributed by atoms with Crippen molar-refractivity contribution in [3.05, 3.63) is 65.7 Å². The van der Waals surface area contributed by atoms with Crippen molar-refractivity contribution in [2.75, 3.05) is 44.2 Å². The zero-order valence-corrected chi connectivity index (χ0v) is 23.0. The molecule has 39 heavy (non-hydrogen) atoms. The number of benzene rings is 2. The number of anilines is 1. The third-order valence-electron chi connectivity index (χ3n) is 6.78. The van der Waals surface area contributed by atoms with Crippen LogP contribution in [0.3, 0.4) is 0 Å². The van der Waals surface area contributed by atoms with Gasteiger partial charge in [-0.15, -0.1) is 0 Å². The van der Waals surface area contributed by atoms with Crippen molar-refractivity contribution in [2.45, 2.75) is 45.4 Å². The highest BCUT2D eigenvalue weighted by atomic mass is 16.6. The van der Waals surface area contributed by atoms with Crippen LogP contribution in [0.4, 0.5) is 10.5 Å². The van der Waals surface area contributed by atoms with E-state index in [-0.39, 0.29) is 29.9 Å². The first kappa shape index (κ1) is 28.3. The first-order valence-electron chi connectivity index (χ1n) is 13.2. The van der Waals surface area contributed by atoms with Crippen molar-refractivity contribution in [2.24, 2.45) is 0 Å². The van der Waals surface area contributed by atoms with Gasteiger partial charge in [-0.25, -0.2) is 4.79 Å². The second kappa shape index (κ2) is 12.0. The predicted molar refractivity (Wildman–Crippen MR) is 148 cm³/mol. The number of piperazine rings is 1. The van der Waals surface area contributed by atoms with E-state index < -0.39 is 11.7 Å². The van der Waals surface area contributed by atoms with Gasteiger partial charge in [-0.3, -0.25) is 29.7 Å². The zero-order valence-electron chi connectivity index (χ0n) is 23.0. The number of carbonyl (C=O) groups is 3. The molecule has 2 aromatic carbocycles. The minimum atomic E-state index is -0.508. The number of amidine groups is 1. The average Bonchev–Trinajstić information content (AvgIpc) is 3.27. The number of nitrogens with zero attached hydrogens (tertiary/aromatic N) is 3. The lowest BCUT2D eigenvalue weighted by Gasteiger charge is -2.38. The molecule has 0 spiro atoms. The van der Waals surface area contributed by atoms with Crippen LogP contribution in [-0.2, 0) is 14.3 Å². The lowest BCUT2D eigenvalue weighted by atomic mass is 10.1. The molecule has 0 aliphatic carbocycles. The Morgan fingerprint density at radius 2 is 1.67 bits per heavy atom. The summed E-state index contributed by atoms with van der Waals surface area (Å²) in [5.41, 5.74) is 1.17. The molecule has 0 bridgehead atoms. The van der Waals surface area contributed by atoms with E-state index in [1.165, 1.54) is 0 Å². The fourth-order valence-electron chi connectivity index (χ4n) is 4.64. The molecule has 0 saturated carbocycles. The molecular weight excluding hydrogens is 498 g/mol. The first-order chi connectivity index (χ1) is 18.5. The van der Waals surface area contributed by atoms with Crippen molar-refractivity contribution in [1.29, 1.82) is 5.41 Å². The predicted octanol–water partition coefficient (Wildman–Crippen LogP) is 3.11. The van der Waals surface area contributed by atoms with E-state index in [1.54, 1.807) is 53.4 Å². The molecule has 2 aromatic rings. The van der Waals surface area contributed by atoms with Crippen LogP contribution >= 0.6 is 0 Å². The molecule has 2 aliphatic heterocycles. The third-order valence-corrected chi connectivity index (χ3v) is 6.78. The van der Waals surface area contributed by atoms with Gasteiger partial charge in [0.05, 0.1) is 6.54 Å². The summed E-state index contributed by atoms with van der Waals surface area (Å²) in [4.78, 5) is 43.3. The SMILES string of the molecule is CC(C(=O)OC(C)(C)C)N1CCN(CC2CN(c3ccc(C(=N)NC(=O)c4ccccc4)cc3)C(=O)O2)CC1. The van der Waals surface area contributed by atoms with Crippen LogP contribution in [0, 0.1) is 5.41 Å². The Kier molecular flexibility index (Phi) is 8.66. The maximum atomic E-state index is 12.6. The Bertz CT molecular complexity index is 1190. The molecule has 2 aliphatic rings. The number of rotatable bonds is 7. The van der Waals surface area contributed by atoms with E-state index in [2.05, 4.69) is 15.1 Å². The Balaban J connectivity index is 1.25. The standard InChI is InChI=1S/C29H37N5O5/c1-20(27(36)39-29(2,3)4)33-16-14-32(15-17-33)18-24-19-34(28(37)38-24)23-12-10-21(11-13-23)25(30)31-26(35)22-8-6-5-7-9-22/h5-13,20,24H,14-19H2,1-4H3,(H2,30,31,35). The van der Waals surface area contributed by atoms with Crippen molar-refractivity contribution in [3.63, 3.8) is 0 Å². The molecule has 2 fully saturated rings. The second-order valence-electron chi connectivity index (χ2n) is 10.9. The first-order valence-corrected chi connectivity index (χ1v) is 13.2. The van der Waals surface area contributed by atoms with Crippen molar-refractivity contribution in [1.82, 2.24) is 15.1 Å². The summed E-state index contributed by atoms with van der Waals surface area (Å²) < 4.78 is 11.2. The zero-order chi connectivity index (χ0) is 28.2. The molecule has 2 N–H and O–H groups in total. The van der Waals surface area contributed by atoms with E-state index >= 15 is 0 Å². The molecule has 10 nitrogen and oxygen atoms in total. The van der Waals surface area contributed by atoms with E-state index in [9.17, 15) is 14.4 Å². The Morgan fingerprint density at radius 3 is 2.28 bits per heavy atom. The summed E-state index contributed by atoms with van der Waals surface area (Å²) in [7, 11) is 0. The van der Waals surface area contributed by atoms with Gasteiger partial charge in [0.2, 0.25) is 0 Å². The highest BCUT2D eigenvalue weighted by Gasteiger charge is 2.35. The van der Waals surface area contributed by atoms with Crippen LogP contribution in [0.5, 0.6) is 0 Å². The summed E-state index contributed by atoms with van der Waals surface area (Å²) >= 11 is 0. The van der Waals surface area contributed by atoms with E-state index in [4.69, 9.17) is 14.9 Å². The monoisotopic (exact) mass is 535 g/mol. The lowest BCUT2D eigenvalue weighted by molar-refractivity contribution is -0.161. The molecule has 2 atom stereocenters. The smallest absolute Gasteiger partial charge is 0.414 e. The van der Waals surface area contributed by atoms with Gasteiger partial charge in [0.25, 0.3) is 5.91 Å². The number of nitrogens with one attached hydrogen (secondary N) is 2. The van der Waals surface area contributed by atoms with Gasteiger partial charge in [0.1, 0.15) is 23.6 Å². The molecule has 2 heterocycles. The van der Waals surface area contributed by atoms with Gasteiger partial charge in [-0.05, 0) is 64.1 Å². The average molecular weight is 536 g/mol. The summed E-state index contributed by atoms with van der Waals surface area (Å²) in [6.45, 7) is 11.5. The molecule has 0 radical (unpaired) electrons. The number of cyclic esters (lactones) is 1. The van der Waals surface area contributed by atoms with Crippen LogP contribution in [0.15, 0.2) is 54.6 Å². The normalized spacial score (nSPS) is 19.3. The number of hydrogen-bond donors (Lipinski definition) is 2. The highest BCUT2D eigenvalue weighted by molar-refractivity contribution is 6.11. The van der Waals surface area contributed by atoms with Crippen LogP contribution in [0.1, 0.15) is 43.6 Å². The Hall–Kier alpha value is -3.76. The molecule has 0 aromatic heterocycles. The number of hydrogen-bond acceptors (Lipinski definition) is 8. The van der Waals surface area contributed by atoms with Crippen LogP contribution in [-0.4, -0.2) is 90.6 Å². The van der Waals surface area contributed by atoms with Gasteiger partial charge in [0.15, 0.2) is 0 Å². The molecule has 208 valence electrons. The number of esters is 1. The quantitative estimate of drug-likeness (QED) is 0.318. The number of ether oxygens (including phenoxy) is 2. The summed E-state index contributed by atoms with van der Waals surface area (Å²) in [6.07, 6.45) is -0.673. The van der Waals surface area contributed by atoms with Crippen LogP contribution in [0.25, 0.3) is 0 Å². The second-order valence-corrected chi connectivity index (χ2v) is 10.9. The number of amides is 2. The van der Waals surface area contributed by atoms with Crippen molar-refractivity contribution >= 4 is 29.5 Å². The molecule has 2 amide bonds. The topological polar surface area (TPSA) is 115 Å². The van der Waals surface area contributed by atoms with Gasteiger partial charge >= 0.3 is 12.1 Å². The minimum absolute atomic E-state index is 0.0163. The Labute approximate surface area is 229 Å². The van der Waals surface area contributed by atoms with Crippen molar-refractivity contribution < 1.29 is 23.9 Å². The maximum absolute atomic E-state index is 12.6. The summed E-state index contributed by atoms with van der Waals surface area (Å²) in [6, 6.07) is 15.3. The van der Waals surface area contributed by atoms with E-state index in [0.717, 1.165) is 26.2 Å². The van der Waals surface area contributed by atoms with E-state index in [1.807, 2.05) is 33.8 Å². The van der Waals surface area contributed by atoms with Gasteiger partial charge in [-0.2, -0.15) is 0 Å². The maximum Gasteiger partial charge on any atom is 0.414 e. The molecular formula is C29H37N5O5. The van der Waals surface area contributed by atoms with Gasteiger partial charge < -0.3 is 14.8 Å².